The summed E-state index contributed by atoms with van der Waals surface area (Å²) in [5, 5.41) is 13.9. The Balaban J connectivity index is 1.68. The van der Waals surface area contributed by atoms with E-state index in [1.54, 1.807) is 24.3 Å². The Morgan fingerprint density at radius 3 is 2.77 bits per heavy atom. The summed E-state index contributed by atoms with van der Waals surface area (Å²) in [6, 6.07) is 8.02. The summed E-state index contributed by atoms with van der Waals surface area (Å²) in [6.45, 7) is 0. The molecule has 3 rings (SSSR count). The zero-order chi connectivity index (χ0) is 15.7. The average molecular weight is 321 g/mol. The third-order valence-corrected chi connectivity index (χ3v) is 3.95. The number of nitrogens with zero attached hydrogens (tertiary/aromatic N) is 2. The Kier molecular flexibility index (Phi) is 3.94. The van der Waals surface area contributed by atoms with Crippen molar-refractivity contribution >= 4 is 23.3 Å². The fraction of sp³-hybridized carbons (Fsp3) is 0.267. The number of carbonyl (C=O) groups is 1. The highest BCUT2D eigenvalue weighted by atomic mass is 35.5. The number of benzene rings is 1. The van der Waals surface area contributed by atoms with Gasteiger partial charge in [-0.2, -0.15) is 0 Å². The van der Waals surface area contributed by atoms with Gasteiger partial charge < -0.3 is 10.6 Å². The van der Waals surface area contributed by atoms with Gasteiger partial charge in [0.15, 0.2) is 5.69 Å². The molecule has 114 valence electrons. The zero-order valence-electron chi connectivity index (χ0n) is 11.8. The van der Waals surface area contributed by atoms with E-state index in [9.17, 15) is 9.18 Å². The van der Waals surface area contributed by atoms with Crippen LogP contribution < -0.4 is 10.6 Å². The van der Waals surface area contributed by atoms with Crippen LogP contribution in [0, 0.1) is 5.82 Å². The van der Waals surface area contributed by atoms with Crippen molar-refractivity contribution in [2.45, 2.75) is 18.4 Å². The van der Waals surface area contributed by atoms with E-state index in [0.29, 0.717) is 16.4 Å². The van der Waals surface area contributed by atoms with Crippen molar-refractivity contribution in [2.24, 2.45) is 0 Å². The number of aromatic nitrogens is 2. The van der Waals surface area contributed by atoms with E-state index < -0.39 is 0 Å². The Hall–Kier alpha value is -2.21. The van der Waals surface area contributed by atoms with Gasteiger partial charge >= 0.3 is 0 Å². The molecule has 0 aliphatic heterocycles. The Morgan fingerprint density at radius 1 is 1.32 bits per heavy atom. The maximum atomic E-state index is 13.8. The summed E-state index contributed by atoms with van der Waals surface area (Å²) in [5.74, 6) is -0.00827. The van der Waals surface area contributed by atoms with Crippen LogP contribution in [0.15, 0.2) is 30.3 Å². The van der Waals surface area contributed by atoms with Crippen molar-refractivity contribution in [2.75, 3.05) is 12.4 Å². The van der Waals surface area contributed by atoms with E-state index in [1.165, 1.54) is 13.1 Å². The lowest BCUT2D eigenvalue weighted by Gasteiger charge is -2.07. The lowest BCUT2D eigenvalue weighted by molar-refractivity contribution is 0.0957. The molecule has 1 aliphatic carbocycles. The molecule has 0 spiro atoms. The van der Waals surface area contributed by atoms with Crippen LogP contribution in [0.4, 0.5) is 10.2 Å². The van der Waals surface area contributed by atoms with Crippen molar-refractivity contribution < 1.29 is 9.18 Å². The van der Waals surface area contributed by atoms with Gasteiger partial charge in [0, 0.05) is 29.6 Å². The third-order valence-electron chi connectivity index (χ3n) is 3.62. The molecule has 1 saturated carbocycles. The number of hydrogen-bond donors (Lipinski definition) is 2. The highest BCUT2D eigenvalue weighted by Crippen LogP contribution is 2.46. The first-order valence-electron chi connectivity index (χ1n) is 6.86. The Morgan fingerprint density at radius 2 is 2.14 bits per heavy atom. The van der Waals surface area contributed by atoms with Gasteiger partial charge in [0.1, 0.15) is 11.6 Å². The molecule has 5 nitrogen and oxygen atoms in total. The molecule has 0 saturated heterocycles. The van der Waals surface area contributed by atoms with Crippen LogP contribution in [0.2, 0.25) is 5.02 Å². The van der Waals surface area contributed by atoms with E-state index in [2.05, 4.69) is 20.8 Å². The maximum Gasteiger partial charge on any atom is 0.271 e. The largest absolute Gasteiger partial charge is 0.365 e. The predicted octanol–water partition coefficient (Wildman–Crippen LogP) is 2.60. The highest BCUT2D eigenvalue weighted by molar-refractivity contribution is 6.31. The molecule has 22 heavy (non-hydrogen) atoms. The molecule has 2 N–H and O–H groups in total. The predicted molar refractivity (Wildman–Crippen MR) is 81.6 cm³/mol. The molecule has 0 radical (unpaired) electrons. The van der Waals surface area contributed by atoms with Crippen LogP contribution in [0.3, 0.4) is 0 Å². The van der Waals surface area contributed by atoms with Gasteiger partial charge in [-0.15, -0.1) is 10.2 Å². The van der Waals surface area contributed by atoms with Gasteiger partial charge in [-0.25, -0.2) is 4.39 Å². The summed E-state index contributed by atoms with van der Waals surface area (Å²) in [4.78, 5) is 11.4. The standard InChI is InChI=1S/C15H14ClFN4O/c1-18-15(22)11-5-6-13(21-20-11)19-12-7-8(12)14-9(16)3-2-4-10(14)17/h2-6,8,12H,7H2,1H3,(H,18,22)(H,19,21). The zero-order valence-corrected chi connectivity index (χ0v) is 12.6. The third kappa shape index (κ3) is 2.87. The molecule has 1 fully saturated rings. The monoisotopic (exact) mass is 320 g/mol. The SMILES string of the molecule is CNC(=O)c1ccc(NC2CC2c2c(F)cccc2Cl)nn1. The molecule has 7 heteroatoms. The second-order valence-corrected chi connectivity index (χ2v) is 5.52. The fourth-order valence-electron chi connectivity index (χ4n) is 2.39. The second-order valence-electron chi connectivity index (χ2n) is 5.11. The topological polar surface area (TPSA) is 66.9 Å². The lowest BCUT2D eigenvalue weighted by atomic mass is 10.1. The normalized spacial score (nSPS) is 19.6. The van der Waals surface area contributed by atoms with Crippen LogP contribution in [-0.2, 0) is 0 Å². The summed E-state index contributed by atoms with van der Waals surface area (Å²) >= 11 is 6.06. The van der Waals surface area contributed by atoms with Gasteiger partial charge in [0.05, 0.1) is 0 Å². The first-order valence-corrected chi connectivity index (χ1v) is 7.24. The molecule has 1 aliphatic rings. The maximum absolute atomic E-state index is 13.8. The van der Waals surface area contributed by atoms with Gasteiger partial charge in [-0.1, -0.05) is 17.7 Å². The highest BCUT2D eigenvalue weighted by Gasteiger charge is 2.41. The minimum absolute atomic E-state index is 0.0223. The number of halogens is 2. The quantitative estimate of drug-likeness (QED) is 0.908. The number of rotatable bonds is 4. The van der Waals surface area contributed by atoms with Gasteiger partial charge in [0.2, 0.25) is 0 Å². The van der Waals surface area contributed by atoms with E-state index in [-0.39, 0.29) is 29.4 Å². The number of carbonyl (C=O) groups excluding carboxylic acids is 1. The molecular formula is C15H14ClFN4O. The number of nitrogens with one attached hydrogen (secondary N) is 2. The molecule has 1 aromatic heterocycles. The molecule has 1 amide bonds. The van der Waals surface area contributed by atoms with Crippen LogP contribution in [-0.4, -0.2) is 29.2 Å². The summed E-state index contributed by atoms with van der Waals surface area (Å²) in [7, 11) is 1.53. The Bertz CT molecular complexity index is 687. The molecule has 1 aromatic carbocycles. The van der Waals surface area contributed by atoms with Crippen LogP contribution in [0.5, 0.6) is 0 Å². The van der Waals surface area contributed by atoms with Crippen molar-refractivity contribution in [1.82, 2.24) is 15.5 Å². The van der Waals surface area contributed by atoms with Crippen LogP contribution >= 0.6 is 11.6 Å². The van der Waals surface area contributed by atoms with Crippen molar-refractivity contribution in [3.63, 3.8) is 0 Å². The van der Waals surface area contributed by atoms with Gasteiger partial charge in [-0.3, -0.25) is 4.79 Å². The molecule has 2 unspecified atom stereocenters. The molecule has 1 heterocycles. The van der Waals surface area contributed by atoms with E-state index >= 15 is 0 Å². The van der Waals surface area contributed by atoms with Crippen molar-refractivity contribution in [3.8, 4) is 0 Å². The van der Waals surface area contributed by atoms with Crippen molar-refractivity contribution in [3.05, 3.63) is 52.4 Å². The van der Waals surface area contributed by atoms with Crippen LogP contribution in [0.1, 0.15) is 28.4 Å². The molecule has 2 aromatic rings. The molecular weight excluding hydrogens is 307 g/mol. The number of amides is 1. The first-order chi connectivity index (χ1) is 10.6. The minimum Gasteiger partial charge on any atom is -0.365 e. The van der Waals surface area contributed by atoms with E-state index in [4.69, 9.17) is 11.6 Å². The first kappa shape index (κ1) is 14.7. The van der Waals surface area contributed by atoms with E-state index in [1.807, 2.05) is 0 Å². The second kappa shape index (κ2) is 5.88. The molecule has 0 bridgehead atoms. The van der Waals surface area contributed by atoms with Gasteiger partial charge in [-0.05, 0) is 30.7 Å². The smallest absolute Gasteiger partial charge is 0.271 e. The average Bonchev–Trinajstić information content (AvgIpc) is 3.26. The van der Waals surface area contributed by atoms with E-state index in [0.717, 1.165) is 6.42 Å². The number of anilines is 1. The number of hydrogen-bond acceptors (Lipinski definition) is 4. The summed E-state index contributed by atoms with van der Waals surface area (Å²) in [5.41, 5.74) is 0.786. The van der Waals surface area contributed by atoms with Crippen LogP contribution in [0.25, 0.3) is 0 Å². The Labute approximate surface area is 131 Å². The lowest BCUT2D eigenvalue weighted by Crippen LogP contribution is -2.20. The van der Waals surface area contributed by atoms with Gasteiger partial charge in [0.25, 0.3) is 5.91 Å². The van der Waals surface area contributed by atoms with Crippen molar-refractivity contribution in [1.29, 1.82) is 0 Å². The molecule has 2 atom stereocenters. The summed E-state index contributed by atoms with van der Waals surface area (Å²) in [6.07, 6.45) is 0.777. The summed E-state index contributed by atoms with van der Waals surface area (Å²) < 4.78 is 13.8. The fourth-order valence-corrected chi connectivity index (χ4v) is 2.69. The minimum atomic E-state index is -0.290.